The Balaban J connectivity index is 1.72. The summed E-state index contributed by atoms with van der Waals surface area (Å²) in [5.74, 6) is -0.617. The zero-order valence-corrected chi connectivity index (χ0v) is 13.2. The zero-order valence-electron chi connectivity index (χ0n) is 13.2. The molecule has 1 atom stereocenters. The third-order valence-corrected chi connectivity index (χ3v) is 4.03. The lowest BCUT2D eigenvalue weighted by Crippen LogP contribution is -2.25. The highest BCUT2D eigenvalue weighted by Gasteiger charge is 2.38. The predicted octanol–water partition coefficient (Wildman–Crippen LogP) is 4.05. The van der Waals surface area contributed by atoms with Crippen LogP contribution in [0.4, 0.5) is 18.9 Å². The second-order valence-electron chi connectivity index (χ2n) is 6.16. The zero-order chi connectivity index (χ0) is 17.3. The van der Waals surface area contributed by atoms with Crippen molar-refractivity contribution < 1.29 is 18.0 Å². The lowest BCUT2D eigenvalue weighted by Gasteiger charge is -2.14. The summed E-state index contributed by atoms with van der Waals surface area (Å²) < 4.78 is 40.0. The van der Waals surface area contributed by atoms with Crippen molar-refractivity contribution in [2.75, 3.05) is 5.32 Å². The second kappa shape index (κ2) is 6.30. The molecule has 1 aliphatic rings. The Hall–Kier alpha value is -2.31. The van der Waals surface area contributed by atoms with E-state index in [1.807, 2.05) is 6.07 Å². The van der Waals surface area contributed by atoms with Gasteiger partial charge in [0.05, 0.1) is 12.5 Å². The average molecular weight is 337 g/mol. The van der Waals surface area contributed by atoms with Gasteiger partial charge in [0.1, 0.15) is 0 Å². The number of carbonyl (C=O) groups is 1. The highest BCUT2D eigenvalue weighted by atomic mass is 19.4. The number of carbonyl (C=O) groups excluding carboxylic acids is 1. The van der Waals surface area contributed by atoms with Crippen molar-refractivity contribution in [1.29, 1.82) is 0 Å². The molecule has 1 aromatic carbocycles. The molecule has 0 spiro atoms. The van der Waals surface area contributed by atoms with E-state index in [9.17, 15) is 18.0 Å². The van der Waals surface area contributed by atoms with E-state index in [0.717, 1.165) is 18.9 Å². The van der Waals surface area contributed by atoms with Gasteiger partial charge in [-0.25, -0.2) is 0 Å². The topological polar surface area (TPSA) is 46.9 Å². The molecular weight excluding hydrogens is 319 g/mol. The lowest BCUT2D eigenvalue weighted by molar-refractivity contribution is -0.141. The number of aromatic nitrogens is 2. The molecule has 3 rings (SSSR count). The van der Waals surface area contributed by atoms with Gasteiger partial charge in [-0.05, 0) is 31.0 Å². The molecule has 1 unspecified atom stereocenters. The molecule has 0 bridgehead atoms. The molecule has 1 N–H and O–H groups in total. The van der Waals surface area contributed by atoms with E-state index in [4.69, 9.17) is 0 Å². The van der Waals surface area contributed by atoms with E-state index in [1.54, 1.807) is 31.2 Å². The van der Waals surface area contributed by atoms with Gasteiger partial charge in [0.15, 0.2) is 5.69 Å². The van der Waals surface area contributed by atoms with Gasteiger partial charge >= 0.3 is 6.18 Å². The van der Waals surface area contributed by atoms with Crippen LogP contribution < -0.4 is 5.32 Å². The van der Waals surface area contributed by atoms with Gasteiger partial charge in [0.25, 0.3) is 0 Å². The summed E-state index contributed by atoms with van der Waals surface area (Å²) in [5, 5.41) is 6.44. The standard InChI is InChI=1S/C17H18F3N3O/c1-11(16(24)21-13-5-3-2-4-6-13)10-23-14(12-7-8-12)9-15(22-23)17(18,19)20/h2-6,9,11-12H,7-8,10H2,1H3,(H,21,24). The number of nitrogens with zero attached hydrogens (tertiary/aromatic N) is 2. The molecule has 1 heterocycles. The summed E-state index contributed by atoms with van der Waals surface area (Å²) in [6.45, 7) is 1.81. The minimum Gasteiger partial charge on any atom is -0.326 e. The highest BCUT2D eigenvalue weighted by Crippen LogP contribution is 2.42. The van der Waals surface area contributed by atoms with Crippen molar-refractivity contribution in [2.45, 2.75) is 38.4 Å². The molecule has 0 saturated heterocycles. The van der Waals surface area contributed by atoms with E-state index in [0.29, 0.717) is 11.4 Å². The average Bonchev–Trinajstić information content (AvgIpc) is 3.28. The molecule has 1 aliphatic carbocycles. The maximum atomic E-state index is 12.9. The minimum absolute atomic E-state index is 0.123. The molecule has 1 amide bonds. The Kier molecular flexibility index (Phi) is 4.34. The van der Waals surface area contributed by atoms with Gasteiger partial charge in [0.2, 0.25) is 5.91 Å². The third-order valence-electron chi connectivity index (χ3n) is 4.03. The Morgan fingerprint density at radius 3 is 2.58 bits per heavy atom. The van der Waals surface area contributed by atoms with E-state index >= 15 is 0 Å². The number of para-hydroxylation sites is 1. The largest absolute Gasteiger partial charge is 0.435 e. The van der Waals surface area contributed by atoms with Crippen molar-refractivity contribution in [2.24, 2.45) is 5.92 Å². The van der Waals surface area contributed by atoms with Crippen LogP contribution >= 0.6 is 0 Å². The Morgan fingerprint density at radius 2 is 2.00 bits per heavy atom. The molecule has 0 radical (unpaired) electrons. The third kappa shape index (κ3) is 3.77. The van der Waals surface area contributed by atoms with Crippen LogP contribution in [0.15, 0.2) is 36.4 Å². The molecular formula is C17H18F3N3O. The van der Waals surface area contributed by atoms with Crippen LogP contribution in [0.2, 0.25) is 0 Å². The predicted molar refractivity (Wildman–Crippen MR) is 83.4 cm³/mol. The summed E-state index contributed by atoms with van der Waals surface area (Å²) >= 11 is 0. The van der Waals surface area contributed by atoms with Gasteiger partial charge in [0, 0.05) is 17.3 Å². The number of rotatable bonds is 5. The van der Waals surface area contributed by atoms with Crippen LogP contribution in [0.25, 0.3) is 0 Å². The second-order valence-corrected chi connectivity index (χ2v) is 6.16. The summed E-state index contributed by atoms with van der Waals surface area (Å²) in [4.78, 5) is 12.2. The van der Waals surface area contributed by atoms with Gasteiger partial charge in [-0.2, -0.15) is 18.3 Å². The summed E-state index contributed by atoms with van der Waals surface area (Å²) in [6.07, 6.45) is -2.73. The fraction of sp³-hybridized carbons (Fsp3) is 0.412. The van der Waals surface area contributed by atoms with Crippen LogP contribution in [0.5, 0.6) is 0 Å². The van der Waals surface area contributed by atoms with Crippen LogP contribution in [-0.2, 0) is 17.5 Å². The fourth-order valence-corrected chi connectivity index (χ4v) is 2.55. The van der Waals surface area contributed by atoms with Crippen molar-refractivity contribution in [3.63, 3.8) is 0 Å². The molecule has 4 nitrogen and oxygen atoms in total. The van der Waals surface area contributed by atoms with E-state index < -0.39 is 17.8 Å². The lowest BCUT2D eigenvalue weighted by atomic mass is 10.1. The minimum atomic E-state index is -4.47. The molecule has 1 aromatic heterocycles. The Bertz CT molecular complexity index is 720. The van der Waals surface area contributed by atoms with Gasteiger partial charge < -0.3 is 5.32 Å². The van der Waals surface area contributed by atoms with Crippen molar-refractivity contribution >= 4 is 11.6 Å². The van der Waals surface area contributed by atoms with Crippen molar-refractivity contribution in [3.05, 3.63) is 47.8 Å². The van der Waals surface area contributed by atoms with Gasteiger partial charge in [-0.1, -0.05) is 25.1 Å². The van der Waals surface area contributed by atoms with Crippen LogP contribution in [0.1, 0.15) is 37.1 Å². The van der Waals surface area contributed by atoms with Crippen LogP contribution in [0, 0.1) is 5.92 Å². The molecule has 1 saturated carbocycles. The maximum absolute atomic E-state index is 12.9. The van der Waals surface area contributed by atoms with Crippen molar-refractivity contribution in [3.8, 4) is 0 Å². The number of amides is 1. The fourth-order valence-electron chi connectivity index (χ4n) is 2.55. The maximum Gasteiger partial charge on any atom is 0.435 e. The number of hydrogen-bond donors (Lipinski definition) is 1. The summed E-state index contributed by atoms with van der Waals surface area (Å²) in [6, 6.07) is 10.1. The molecule has 128 valence electrons. The first kappa shape index (κ1) is 16.5. The number of anilines is 1. The van der Waals surface area contributed by atoms with Gasteiger partial charge in [-0.3, -0.25) is 9.48 Å². The van der Waals surface area contributed by atoms with E-state index in [-0.39, 0.29) is 18.4 Å². The molecule has 2 aromatic rings. The normalized spacial score (nSPS) is 16.0. The monoisotopic (exact) mass is 337 g/mol. The molecule has 0 aliphatic heterocycles. The Labute approximate surface area is 137 Å². The number of nitrogens with one attached hydrogen (secondary N) is 1. The summed E-state index contributed by atoms with van der Waals surface area (Å²) in [5.41, 5.74) is 0.343. The highest BCUT2D eigenvalue weighted by molar-refractivity contribution is 5.92. The smallest absolute Gasteiger partial charge is 0.326 e. The van der Waals surface area contributed by atoms with E-state index in [1.165, 1.54) is 4.68 Å². The van der Waals surface area contributed by atoms with Crippen LogP contribution in [0.3, 0.4) is 0 Å². The molecule has 1 fully saturated rings. The summed E-state index contributed by atoms with van der Waals surface area (Å²) in [7, 11) is 0. The molecule has 24 heavy (non-hydrogen) atoms. The van der Waals surface area contributed by atoms with Crippen LogP contribution in [-0.4, -0.2) is 15.7 Å². The van der Waals surface area contributed by atoms with Gasteiger partial charge in [-0.15, -0.1) is 0 Å². The number of alkyl halides is 3. The first-order chi connectivity index (χ1) is 11.3. The first-order valence-corrected chi connectivity index (χ1v) is 7.85. The molecule has 7 heteroatoms. The quantitative estimate of drug-likeness (QED) is 0.894. The SMILES string of the molecule is CC(Cn1nc(C(F)(F)F)cc1C1CC1)C(=O)Nc1ccccc1. The van der Waals surface area contributed by atoms with Crippen molar-refractivity contribution in [1.82, 2.24) is 9.78 Å². The van der Waals surface area contributed by atoms with E-state index in [2.05, 4.69) is 10.4 Å². The number of halogens is 3. The first-order valence-electron chi connectivity index (χ1n) is 7.85. The number of hydrogen-bond acceptors (Lipinski definition) is 2. The Morgan fingerprint density at radius 1 is 1.33 bits per heavy atom. The number of benzene rings is 1.